The number of hydrogen-bond acceptors (Lipinski definition) is 8. The number of rotatable bonds is 7. The van der Waals surface area contributed by atoms with E-state index in [-0.39, 0.29) is 10.8 Å². The molecule has 1 saturated heterocycles. The average Bonchev–Trinajstić information content (AvgIpc) is 3.38. The summed E-state index contributed by atoms with van der Waals surface area (Å²) in [5.41, 5.74) is 2.55. The lowest BCUT2D eigenvalue weighted by atomic mass is 10.2. The molecule has 1 amide bonds. The molecule has 0 saturated carbocycles. The Kier molecular flexibility index (Phi) is 6.85. The SMILES string of the molecule is CCN(CC)S(=O)(=O)c1ccc(C(=O)N2CCN(c3ncnc4c3nnn4-c3ccccc3)CC2)cc1. The third-order valence-electron chi connectivity index (χ3n) is 6.53. The third kappa shape index (κ3) is 4.65. The van der Waals surface area contributed by atoms with E-state index in [9.17, 15) is 13.2 Å². The molecule has 0 N–H and O–H groups in total. The monoisotopic (exact) mass is 520 g/mol. The normalized spacial score (nSPS) is 14.5. The summed E-state index contributed by atoms with van der Waals surface area (Å²) in [6.45, 7) is 6.53. The van der Waals surface area contributed by atoms with E-state index in [2.05, 4.69) is 25.2 Å². The molecule has 1 aliphatic heterocycles. The van der Waals surface area contributed by atoms with E-state index in [1.54, 1.807) is 35.6 Å². The molecule has 0 spiro atoms. The number of amides is 1. The van der Waals surface area contributed by atoms with Crippen molar-refractivity contribution in [2.45, 2.75) is 18.7 Å². The maximum Gasteiger partial charge on any atom is 0.253 e. The van der Waals surface area contributed by atoms with Gasteiger partial charge in [-0.3, -0.25) is 4.79 Å². The third-order valence-corrected chi connectivity index (χ3v) is 8.59. The minimum absolute atomic E-state index is 0.130. The number of aromatic nitrogens is 5. The zero-order chi connectivity index (χ0) is 26.0. The first-order valence-corrected chi connectivity index (χ1v) is 13.6. The van der Waals surface area contributed by atoms with E-state index in [0.717, 1.165) is 5.69 Å². The molecule has 37 heavy (non-hydrogen) atoms. The highest BCUT2D eigenvalue weighted by Gasteiger charge is 2.27. The van der Waals surface area contributed by atoms with Gasteiger partial charge in [0.2, 0.25) is 10.0 Å². The van der Waals surface area contributed by atoms with E-state index in [1.165, 1.54) is 22.8 Å². The van der Waals surface area contributed by atoms with E-state index < -0.39 is 10.0 Å². The minimum atomic E-state index is -3.56. The van der Waals surface area contributed by atoms with Crippen LogP contribution in [0.1, 0.15) is 24.2 Å². The fraction of sp³-hybridized carbons (Fsp3) is 0.320. The van der Waals surface area contributed by atoms with Gasteiger partial charge in [0.1, 0.15) is 6.33 Å². The largest absolute Gasteiger partial charge is 0.351 e. The van der Waals surface area contributed by atoms with Crippen molar-refractivity contribution in [1.82, 2.24) is 34.2 Å². The van der Waals surface area contributed by atoms with Crippen molar-refractivity contribution in [2.24, 2.45) is 0 Å². The van der Waals surface area contributed by atoms with Gasteiger partial charge in [-0.25, -0.2) is 18.4 Å². The van der Waals surface area contributed by atoms with E-state index in [4.69, 9.17) is 0 Å². The average molecular weight is 521 g/mol. The molecule has 5 rings (SSSR count). The lowest BCUT2D eigenvalue weighted by Gasteiger charge is -2.35. The summed E-state index contributed by atoms with van der Waals surface area (Å²) in [5, 5.41) is 8.61. The Balaban J connectivity index is 1.28. The Bertz CT molecular complexity index is 1490. The predicted octanol–water partition coefficient (Wildman–Crippen LogP) is 2.20. The molecule has 3 heterocycles. The van der Waals surface area contributed by atoms with Crippen molar-refractivity contribution < 1.29 is 13.2 Å². The summed E-state index contributed by atoms with van der Waals surface area (Å²) in [5.74, 6) is 0.555. The number of hydrogen-bond donors (Lipinski definition) is 0. The fourth-order valence-corrected chi connectivity index (χ4v) is 5.96. The number of fused-ring (bicyclic) bond motifs is 1. The molecule has 0 atom stereocenters. The van der Waals surface area contributed by atoms with Gasteiger partial charge in [-0.05, 0) is 36.4 Å². The number of carbonyl (C=O) groups excluding carboxylic acids is 1. The van der Waals surface area contributed by atoms with Crippen LogP contribution in [0.25, 0.3) is 16.9 Å². The molecule has 2 aromatic carbocycles. The number of para-hydroxylation sites is 1. The molecule has 0 radical (unpaired) electrons. The first-order chi connectivity index (χ1) is 17.9. The molecule has 0 bridgehead atoms. The topological polar surface area (TPSA) is 117 Å². The number of carbonyl (C=O) groups is 1. The van der Waals surface area contributed by atoms with E-state index in [0.29, 0.717) is 61.8 Å². The van der Waals surface area contributed by atoms with E-state index in [1.807, 2.05) is 30.3 Å². The Labute approximate surface area is 215 Å². The number of piperazine rings is 1. The predicted molar refractivity (Wildman–Crippen MR) is 139 cm³/mol. The van der Waals surface area contributed by atoms with Crippen molar-refractivity contribution >= 4 is 32.9 Å². The van der Waals surface area contributed by atoms with Crippen LogP contribution >= 0.6 is 0 Å². The smallest absolute Gasteiger partial charge is 0.253 e. The Hall–Kier alpha value is -3.90. The highest BCUT2D eigenvalue weighted by atomic mass is 32.2. The lowest BCUT2D eigenvalue weighted by molar-refractivity contribution is 0.0746. The van der Waals surface area contributed by atoms with Crippen molar-refractivity contribution in [2.75, 3.05) is 44.2 Å². The fourth-order valence-electron chi connectivity index (χ4n) is 4.50. The lowest BCUT2D eigenvalue weighted by Crippen LogP contribution is -2.49. The molecule has 2 aromatic heterocycles. The van der Waals surface area contributed by atoms with Crippen molar-refractivity contribution in [3.05, 3.63) is 66.5 Å². The van der Waals surface area contributed by atoms with Crippen molar-refractivity contribution in [1.29, 1.82) is 0 Å². The summed E-state index contributed by atoms with van der Waals surface area (Å²) in [7, 11) is -3.56. The molecule has 0 unspecified atom stereocenters. The van der Waals surface area contributed by atoms with Crippen LogP contribution in [0, 0.1) is 0 Å². The van der Waals surface area contributed by atoms with Crippen LogP contribution in [-0.4, -0.2) is 87.8 Å². The van der Waals surface area contributed by atoms with Gasteiger partial charge in [0.15, 0.2) is 17.0 Å². The van der Waals surface area contributed by atoms with Crippen LogP contribution in [0.4, 0.5) is 5.82 Å². The number of sulfonamides is 1. The summed E-state index contributed by atoms with van der Waals surface area (Å²) in [6.07, 6.45) is 1.51. The molecule has 12 heteroatoms. The van der Waals surface area contributed by atoms with Gasteiger partial charge in [0.25, 0.3) is 5.91 Å². The second-order valence-electron chi connectivity index (χ2n) is 8.60. The van der Waals surface area contributed by atoms with Gasteiger partial charge in [-0.15, -0.1) is 5.10 Å². The first kappa shape index (κ1) is 24.8. The molecule has 1 aliphatic rings. The summed E-state index contributed by atoms with van der Waals surface area (Å²) in [4.78, 5) is 26.0. The molecule has 11 nitrogen and oxygen atoms in total. The highest BCUT2D eigenvalue weighted by Crippen LogP contribution is 2.24. The van der Waals surface area contributed by atoms with Crippen LogP contribution < -0.4 is 4.90 Å². The Morgan fingerprint density at radius 1 is 0.919 bits per heavy atom. The van der Waals surface area contributed by atoms with Gasteiger partial charge in [-0.2, -0.15) is 8.99 Å². The highest BCUT2D eigenvalue weighted by molar-refractivity contribution is 7.89. The summed E-state index contributed by atoms with van der Waals surface area (Å²) >= 11 is 0. The zero-order valence-corrected chi connectivity index (χ0v) is 21.5. The van der Waals surface area contributed by atoms with Gasteiger partial charge in [-0.1, -0.05) is 37.3 Å². The molecular weight excluding hydrogens is 492 g/mol. The Morgan fingerprint density at radius 2 is 1.59 bits per heavy atom. The number of anilines is 1. The van der Waals surface area contributed by atoms with Crippen molar-refractivity contribution in [3.8, 4) is 5.69 Å². The van der Waals surface area contributed by atoms with Gasteiger partial charge in [0.05, 0.1) is 10.6 Å². The first-order valence-electron chi connectivity index (χ1n) is 12.2. The molecule has 0 aliphatic carbocycles. The van der Waals surface area contributed by atoms with Gasteiger partial charge in [0, 0.05) is 44.8 Å². The Morgan fingerprint density at radius 3 is 2.24 bits per heavy atom. The summed E-state index contributed by atoms with van der Waals surface area (Å²) < 4.78 is 28.5. The number of nitrogens with zero attached hydrogens (tertiary/aromatic N) is 8. The number of benzene rings is 2. The molecule has 1 fully saturated rings. The molecule has 192 valence electrons. The maximum atomic E-state index is 13.1. The zero-order valence-electron chi connectivity index (χ0n) is 20.7. The van der Waals surface area contributed by atoms with Crippen LogP contribution in [0.15, 0.2) is 65.8 Å². The van der Waals surface area contributed by atoms with E-state index >= 15 is 0 Å². The quantitative estimate of drug-likeness (QED) is 0.364. The van der Waals surface area contributed by atoms with Crippen LogP contribution in [0.5, 0.6) is 0 Å². The van der Waals surface area contributed by atoms with Crippen LogP contribution in [0.2, 0.25) is 0 Å². The second kappa shape index (κ2) is 10.2. The van der Waals surface area contributed by atoms with Crippen LogP contribution in [0.3, 0.4) is 0 Å². The summed E-state index contributed by atoms with van der Waals surface area (Å²) in [6, 6.07) is 15.8. The second-order valence-corrected chi connectivity index (χ2v) is 10.5. The standard InChI is InChI=1S/C25H28N8O3S/c1-3-32(4-2)37(35,36)21-12-10-19(11-13-21)25(34)31-16-14-30(15-17-31)23-22-24(27-18-26-23)33(29-28-22)20-8-6-5-7-9-20/h5-13,18H,3-4,14-17H2,1-2H3. The van der Waals surface area contributed by atoms with Crippen LogP contribution in [-0.2, 0) is 10.0 Å². The van der Waals surface area contributed by atoms with Gasteiger partial charge < -0.3 is 9.80 Å². The molecular formula is C25H28N8O3S. The maximum absolute atomic E-state index is 13.1. The van der Waals surface area contributed by atoms with Crippen molar-refractivity contribution in [3.63, 3.8) is 0 Å². The van der Waals surface area contributed by atoms with Gasteiger partial charge >= 0.3 is 0 Å². The molecule has 4 aromatic rings. The minimum Gasteiger partial charge on any atom is -0.351 e.